The monoisotopic (exact) mass is 656 g/mol. The summed E-state index contributed by atoms with van der Waals surface area (Å²) in [5.74, 6) is 1.87. The van der Waals surface area contributed by atoms with Crippen LogP contribution in [0.4, 0.5) is 0 Å². The Morgan fingerprint density at radius 3 is 1.84 bits per heavy atom. The SMILES string of the molecule is N#Cc1ccc2c(c1)C1(CCCCC1)c1cc(-c3ccc(-c4nc(-c5ccccc5)nc(-c5ccc6oc7ccccc7c6c5)n4)cc3)ccc1-2. The van der Waals surface area contributed by atoms with Crippen LogP contribution in [0.2, 0.25) is 0 Å². The maximum absolute atomic E-state index is 9.72. The number of aromatic nitrogens is 3. The van der Waals surface area contributed by atoms with Gasteiger partial charge in [-0.25, -0.2) is 15.0 Å². The van der Waals surface area contributed by atoms with Gasteiger partial charge < -0.3 is 4.42 Å². The van der Waals surface area contributed by atoms with E-state index in [1.165, 1.54) is 47.1 Å². The molecule has 2 aliphatic rings. The summed E-state index contributed by atoms with van der Waals surface area (Å²) in [4.78, 5) is 15.0. The number of furan rings is 1. The number of rotatable bonds is 4. The van der Waals surface area contributed by atoms with Crippen molar-refractivity contribution in [3.05, 3.63) is 150 Å². The van der Waals surface area contributed by atoms with Gasteiger partial charge in [-0.2, -0.15) is 5.26 Å². The number of hydrogen-bond acceptors (Lipinski definition) is 5. The maximum Gasteiger partial charge on any atom is 0.164 e. The Morgan fingerprint density at radius 2 is 1.08 bits per heavy atom. The fraction of sp³-hybridized carbons (Fsp3) is 0.130. The Bertz CT molecular complexity index is 2680. The zero-order valence-electron chi connectivity index (χ0n) is 27.9. The summed E-state index contributed by atoms with van der Waals surface area (Å²) in [6.07, 6.45) is 5.93. The van der Waals surface area contributed by atoms with Crippen molar-refractivity contribution in [2.75, 3.05) is 0 Å². The van der Waals surface area contributed by atoms with E-state index in [9.17, 15) is 5.26 Å². The lowest BCUT2D eigenvalue weighted by atomic mass is 9.67. The quantitative estimate of drug-likeness (QED) is 0.188. The van der Waals surface area contributed by atoms with Crippen LogP contribution in [-0.4, -0.2) is 15.0 Å². The van der Waals surface area contributed by atoms with E-state index in [1.807, 2.05) is 66.7 Å². The van der Waals surface area contributed by atoms with E-state index in [4.69, 9.17) is 19.4 Å². The van der Waals surface area contributed by atoms with Crippen LogP contribution < -0.4 is 0 Å². The topological polar surface area (TPSA) is 75.6 Å². The number of para-hydroxylation sites is 1. The third-order valence-electron chi connectivity index (χ3n) is 11.0. The lowest BCUT2D eigenvalue weighted by Gasteiger charge is -2.36. The summed E-state index contributed by atoms with van der Waals surface area (Å²) >= 11 is 0. The highest BCUT2D eigenvalue weighted by Crippen LogP contribution is 2.56. The van der Waals surface area contributed by atoms with Gasteiger partial charge in [0, 0.05) is 32.9 Å². The van der Waals surface area contributed by atoms with Crippen LogP contribution >= 0.6 is 0 Å². The number of nitrogens with zero attached hydrogens (tertiary/aromatic N) is 4. The highest BCUT2D eigenvalue weighted by molar-refractivity contribution is 6.06. The standard InChI is InChI=1S/C46H32N4O/c47-28-29-13-20-35-36-21-18-33(27-40(36)46(39(35)25-29)23-7-2-8-24-46)30-14-16-32(17-15-30)44-48-43(31-9-3-1-4-10-31)49-45(50-44)34-19-22-42-38(26-34)37-11-5-6-12-41(37)51-42/h1,3-6,9-22,25-27H,2,7-8,23-24H2. The second kappa shape index (κ2) is 11.6. The van der Waals surface area contributed by atoms with E-state index >= 15 is 0 Å². The van der Waals surface area contributed by atoms with E-state index in [-0.39, 0.29) is 5.41 Å². The molecule has 1 saturated carbocycles. The fourth-order valence-corrected chi connectivity index (χ4v) is 8.47. The first kappa shape index (κ1) is 29.5. The van der Waals surface area contributed by atoms with E-state index in [0.717, 1.165) is 62.6 Å². The largest absolute Gasteiger partial charge is 0.456 e. The molecule has 6 aromatic carbocycles. The van der Waals surface area contributed by atoms with Crippen molar-refractivity contribution in [3.63, 3.8) is 0 Å². The summed E-state index contributed by atoms with van der Waals surface area (Å²) < 4.78 is 6.10. The van der Waals surface area contributed by atoms with Crippen LogP contribution in [0.15, 0.2) is 138 Å². The third-order valence-corrected chi connectivity index (χ3v) is 11.0. The van der Waals surface area contributed by atoms with Crippen LogP contribution in [0.1, 0.15) is 48.8 Å². The molecule has 0 amide bonds. The van der Waals surface area contributed by atoms with Gasteiger partial charge >= 0.3 is 0 Å². The van der Waals surface area contributed by atoms with Gasteiger partial charge in [0.15, 0.2) is 17.5 Å². The summed E-state index contributed by atoms with van der Waals surface area (Å²) in [5, 5.41) is 11.8. The minimum atomic E-state index is -0.0212. The molecule has 8 aromatic rings. The van der Waals surface area contributed by atoms with Gasteiger partial charge in [-0.3, -0.25) is 0 Å². The van der Waals surface area contributed by atoms with Crippen molar-refractivity contribution in [2.24, 2.45) is 0 Å². The molecule has 0 atom stereocenters. The minimum absolute atomic E-state index is 0.0212. The van der Waals surface area contributed by atoms with Crippen molar-refractivity contribution < 1.29 is 4.42 Å². The summed E-state index contributed by atoms with van der Waals surface area (Å²) in [5.41, 5.74) is 12.9. The molecule has 10 rings (SSSR count). The predicted molar refractivity (Wildman–Crippen MR) is 203 cm³/mol. The highest BCUT2D eigenvalue weighted by atomic mass is 16.3. The molecule has 2 aliphatic carbocycles. The molecule has 0 aliphatic heterocycles. The Kier molecular flexibility index (Phi) is 6.72. The smallest absolute Gasteiger partial charge is 0.164 e. The fourth-order valence-electron chi connectivity index (χ4n) is 8.47. The molecule has 0 N–H and O–H groups in total. The van der Waals surface area contributed by atoms with Crippen molar-refractivity contribution in [1.29, 1.82) is 5.26 Å². The van der Waals surface area contributed by atoms with Gasteiger partial charge in [-0.1, -0.05) is 110 Å². The minimum Gasteiger partial charge on any atom is -0.456 e. The molecule has 5 nitrogen and oxygen atoms in total. The van der Waals surface area contributed by atoms with Crippen molar-refractivity contribution >= 4 is 21.9 Å². The Morgan fingerprint density at radius 1 is 0.490 bits per heavy atom. The third kappa shape index (κ3) is 4.79. The molecule has 2 heterocycles. The zero-order chi connectivity index (χ0) is 33.9. The van der Waals surface area contributed by atoms with Gasteiger partial charge in [0.25, 0.3) is 0 Å². The molecule has 2 aromatic heterocycles. The van der Waals surface area contributed by atoms with E-state index in [2.05, 4.69) is 72.8 Å². The van der Waals surface area contributed by atoms with Crippen LogP contribution in [0, 0.1) is 11.3 Å². The summed E-state index contributed by atoms with van der Waals surface area (Å²) in [6, 6.07) is 48.5. The van der Waals surface area contributed by atoms with Crippen molar-refractivity contribution in [2.45, 2.75) is 37.5 Å². The first-order valence-electron chi connectivity index (χ1n) is 17.7. The predicted octanol–water partition coefficient (Wildman–Crippen LogP) is 11.5. The summed E-state index contributed by atoms with van der Waals surface area (Å²) in [7, 11) is 0. The molecule has 1 fully saturated rings. The molecule has 0 saturated heterocycles. The zero-order valence-corrected chi connectivity index (χ0v) is 27.9. The van der Waals surface area contributed by atoms with Gasteiger partial charge in [0.2, 0.25) is 0 Å². The molecule has 1 spiro atoms. The normalized spacial score (nSPS) is 14.4. The lowest BCUT2D eigenvalue weighted by molar-refractivity contribution is 0.353. The Balaban J connectivity index is 1.05. The maximum atomic E-state index is 9.72. The number of nitriles is 1. The number of benzene rings is 6. The van der Waals surface area contributed by atoms with Crippen LogP contribution in [-0.2, 0) is 5.41 Å². The molecule has 0 radical (unpaired) electrons. The average Bonchev–Trinajstić information content (AvgIpc) is 3.70. The van der Waals surface area contributed by atoms with E-state index < -0.39 is 0 Å². The second-order valence-electron chi connectivity index (χ2n) is 13.8. The molecule has 5 heteroatoms. The molecular weight excluding hydrogens is 625 g/mol. The van der Waals surface area contributed by atoms with Crippen LogP contribution in [0.25, 0.3) is 78.4 Å². The molecule has 51 heavy (non-hydrogen) atoms. The number of fused-ring (bicyclic) bond motifs is 8. The number of hydrogen-bond donors (Lipinski definition) is 0. The first-order chi connectivity index (χ1) is 25.2. The lowest BCUT2D eigenvalue weighted by Crippen LogP contribution is -2.28. The Hall–Kier alpha value is -6.38. The molecular formula is C46H32N4O. The van der Waals surface area contributed by atoms with Gasteiger partial charge in [-0.15, -0.1) is 0 Å². The van der Waals surface area contributed by atoms with E-state index in [0.29, 0.717) is 17.5 Å². The molecule has 242 valence electrons. The average molecular weight is 657 g/mol. The van der Waals surface area contributed by atoms with Gasteiger partial charge in [0.1, 0.15) is 11.2 Å². The van der Waals surface area contributed by atoms with Crippen molar-refractivity contribution in [3.8, 4) is 62.5 Å². The van der Waals surface area contributed by atoms with Crippen molar-refractivity contribution in [1.82, 2.24) is 15.0 Å². The molecule has 0 bridgehead atoms. The molecule has 0 unspecified atom stereocenters. The first-order valence-corrected chi connectivity index (χ1v) is 17.7. The van der Waals surface area contributed by atoms with Gasteiger partial charge in [-0.05, 0) is 88.7 Å². The van der Waals surface area contributed by atoms with Gasteiger partial charge in [0.05, 0.1) is 11.6 Å². The highest BCUT2D eigenvalue weighted by Gasteiger charge is 2.44. The Labute approximate surface area is 295 Å². The van der Waals surface area contributed by atoms with Crippen LogP contribution in [0.5, 0.6) is 0 Å². The summed E-state index contributed by atoms with van der Waals surface area (Å²) in [6.45, 7) is 0. The van der Waals surface area contributed by atoms with Crippen LogP contribution in [0.3, 0.4) is 0 Å². The second-order valence-corrected chi connectivity index (χ2v) is 13.8. The van der Waals surface area contributed by atoms with E-state index in [1.54, 1.807) is 0 Å².